The van der Waals surface area contributed by atoms with E-state index in [1.54, 1.807) is 18.2 Å². The van der Waals surface area contributed by atoms with Crippen molar-refractivity contribution >= 4 is 15.9 Å². The molecule has 0 saturated heterocycles. The van der Waals surface area contributed by atoms with Crippen LogP contribution in [0.2, 0.25) is 0 Å². The summed E-state index contributed by atoms with van der Waals surface area (Å²) in [5.74, 6) is -0.545. The van der Waals surface area contributed by atoms with Crippen molar-refractivity contribution in [1.82, 2.24) is 0 Å². The summed E-state index contributed by atoms with van der Waals surface area (Å²) in [4.78, 5) is 0. The third-order valence-electron chi connectivity index (χ3n) is 3.96. The van der Waals surface area contributed by atoms with Crippen molar-refractivity contribution in [2.75, 3.05) is 0 Å². The van der Waals surface area contributed by atoms with E-state index in [0.29, 0.717) is 6.42 Å². The zero-order valence-electron chi connectivity index (χ0n) is 12.0. The van der Waals surface area contributed by atoms with E-state index < -0.39 is 0 Å². The summed E-state index contributed by atoms with van der Waals surface area (Å²) in [5.41, 5.74) is 7.78. The maximum absolute atomic E-state index is 13.4. The number of benzene rings is 2. The predicted molar refractivity (Wildman–Crippen MR) is 85.2 cm³/mol. The average molecular weight is 354 g/mol. The van der Waals surface area contributed by atoms with Crippen molar-refractivity contribution < 1.29 is 8.78 Å². The van der Waals surface area contributed by atoms with Crippen LogP contribution in [0.3, 0.4) is 0 Å². The molecule has 1 nitrogen and oxygen atoms in total. The Hall–Kier alpha value is -1.26. The Morgan fingerprint density at radius 2 is 1.62 bits per heavy atom. The number of hydrogen-bond donors (Lipinski definition) is 1. The summed E-state index contributed by atoms with van der Waals surface area (Å²) in [5, 5.41) is 0. The van der Waals surface area contributed by atoms with Crippen LogP contribution < -0.4 is 5.73 Å². The monoisotopic (exact) mass is 353 g/mol. The van der Waals surface area contributed by atoms with Gasteiger partial charge in [-0.2, -0.15) is 0 Å². The van der Waals surface area contributed by atoms with Gasteiger partial charge in [-0.3, -0.25) is 0 Å². The van der Waals surface area contributed by atoms with Gasteiger partial charge < -0.3 is 5.73 Å². The molecule has 2 rings (SSSR count). The molecule has 0 amide bonds. The minimum absolute atomic E-state index is 0.221. The molecule has 0 spiro atoms. The SMILES string of the molecule is CC(C)(c1ccc(F)cc1)C(N)Cc1cc(F)ccc1Br. The van der Waals surface area contributed by atoms with Crippen molar-refractivity contribution in [3.63, 3.8) is 0 Å². The van der Waals surface area contributed by atoms with Crippen molar-refractivity contribution in [1.29, 1.82) is 0 Å². The van der Waals surface area contributed by atoms with Crippen molar-refractivity contribution in [2.24, 2.45) is 5.73 Å². The summed E-state index contributed by atoms with van der Waals surface area (Å²) >= 11 is 3.42. The Morgan fingerprint density at radius 3 is 2.24 bits per heavy atom. The molecule has 0 saturated carbocycles. The van der Waals surface area contributed by atoms with Crippen LogP contribution in [0.25, 0.3) is 0 Å². The summed E-state index contributed by atoms with van der Waals surface area (Å²) in [6.45, 7) is 4.02. The van der Waals surface area contributed by atoms with Crippen molar-refractivity contribution in [3.05, 3.63) is 69.7 Å². The summed E-state index contributed by atoms with van der Waals surface area (Å²) in [7, 11) is 0. The maximum Gasteiger partial charge on any atom is 0.123 e. The molecule has 2 aromatic rings. The largest absolute Gasteiger partial charge is 0.327 e. The van der Waals surface area contributed by atoms with E-state index in [1.165, 1.54) is 24.3 Å². The second-order valence-electron chi connectivity index (χ2n) is 5.77. The molecule has 2 N–H and O–H groups in total. The fourth-order valence-corrected chi connectivity index (χ4v) is 2.69. The third-order valence-corrected chi connectivity index (χ3v) is 4.74. The molecule has 0 aromatic heterocycles. The lowest BCUT2D eigenvalue weighted by atomic mass is 9.76. The number of rotatable bonds is 4. The molecule has 0 bridgehead atoms. The van der Waals surface area contributed by atoms with Gasteiger partial charge in [0, 0.05) is 15.9 Å². The lowest BCUT2D eigenvalue weighted by Crippen LogP contribution is -2.42. The fourth-order valence-electron chi connectivity index (χ4n) is 2.29. The van der Waals surface area contributed by atoms with E-state index >= 15 is 0 Å². The lowest BCUT2D eigenvalue weighted by molar-refractivity contribution is 0.405. The van der Waals surface area contributed by atoms with Gasteiger partial charge in [-0.05, 0) is 47.9 Å². The number of hydrogen-bond acceptors (Lipinski definition) is 1. The van der Waals surface area contributed by atoms with Gasteiger partial charge in [-0.15, -0.1) is 0 Å². The normalized spacial score (nSPS) is 13.2. The minimum atomic E-state index is -0.348. The average Bonchev–Trinajstić information content (AvgIpc) is 2.43. The molecule has 0 radical (unpaired) electrons. The lowest BCUT2D eigenvalue weighted by Gasteiger charge is -2.32. The zero-order chi connectivity index (χ0) is 15.6. The van der Waals surface area contributed by atoms with Crippen LogP contribution in [0.5, 0.6) is 0 Å². The van der Waals surface area contributed by atoms with Gasteiger partial charge >= 0.3 is 0 Å². The Morgan fingerprint density at radius 1 is 1.05 bits per heavy atom. The predicted octanol–water partition coefficient (Wildman–Crippen LogP) is 4.57. The van der Waals surface area contributed by atoms with E-state index in [0.717, 1.165) is 15.6 Å². The molecule has 21 heavy (non-hydrogen) atoms. The third kappa shape index (κ3) is 3.69. The topological polar surface area (TPSA) is 26.0 Å². The molecule has 2 aromatic carbocycles. The van der Waals surface area contributed by atoms with Crippen molar-refractivity contribution in [3.8, 4) is 0 Å². The van der Waals surface area contributed by atoms with Gasteiger partial charge in [0.25, 0.3) is 0 Å². The van der Waals surface area contributed by atoms with Gasteiger partial charge in [0.05, 0.1) is 0 Å². The maximum atomic E-state index is 13.4. The van der Waals surface area contributed by atoms with Crippen LogP contribution >= 0.6 is 15.9 Å². The quantitative estimate of drug-likeness (QED) is 0.855. The molecule has 0 aliphatic carbocycles. The Labute approximate surface area is 132 Å². The van der Waals surface area contributed by atoms with Gasteiger partial charge in [0.2, 0.25) is 0 Å². The first-order valence-corrected chi connectivity index (χ1v) is 7.55. The molecule has 4 heteroatoms. The molecule has 0 aliphatic rings. The van der Waals surface area contributed by atoms with Gasteiger partial charge in [-0.25, -0.2) is 8.78 Å². The number of nitrogens with two attached hydrogens (primary N) is 1. The van der Waals surface area contributed by atoms with E-state index in [4.69, 9.17) is 5.73 Å². The Balaban J connectivity index is 2.23. The highest BCUT2D eigenvalue weighted by Gasteiger charge is 2.29. The van der Waals surface area contributed by atoms with Crippen LogP contribution in [-0.2, 0) is 11.8 Å². The van der Waals surface area contributed by atoms with Crippen LogP contribution in [-0.4, -0.2) is 6.04 Å². The fraction of sp³-hybridized carbons (Fsp3) is 0.294. The molecule has 0 aliphatic heterocycles. The van der Waals surface area contributed by atoms with E-state index in [-0.39, 0.29) is 23.1 Å². The highest BCUT2D eigenvalue weighted by Crippen LogP contribution is 2.30. The van der Waals surface area contributed by atoms with Gasteiger partial charge in [0.1, 0.15) is 11.6 Å². The molecular formula is C17H18BrF2N. The second-order valence-corrected chi connectivity index (χ2v) is 6.63. The Bertz CT molecular complexity index is 623. The van der Waals surface area contributed by atoms with Crippen LogP contribution in [0.15, 0.2) is 46.9 Å². The molecule has 0 fully saturated rings. The first-order chi connectivity index (χ1) is 9.80. The standard InChI is InChI=1S/C17H18BrF2N/c1-17(2,12-3-5-13(19)6-4-12)16(21)10-11-9-14(20)7-8-15(11)18/h3-9,16H,10,21H2,1-2H3. The summed E-state index contributed by atoms with van der Waals surface area (Å²) < 4.78 is 27.2. The van der Waals surface area contributed by atoms with Crippen LogP contribution in [0.1, 0.15) is 25.0 Å². The van der Waals surface area contributed by atoms with Crippen LogP contribution in [0, 0.1) is 11.6 Å². The molecule has 112 valence electrons. The van der Waals surface area contributed by atoms with E-state index in [9.17, 15) is 8.78 Å². The summed E-state index contributed by atoms with van der Waals surface area (Å²) in [6, 6.07) is 10.7. The van der Waals surface area contributed by atoms with Gasteiger partial charge in [-0.1, -0.05) is 41.9 Å². The minimum Gasteiger partial charge on any atom is -0.327 e. The highest BCUT2D eigenvalue weighted by molar-refractivity contribution is 9.10. The number of halogens is 3. The molecule has 1 unspecified atom stereocenters. The Kier molecular flexibility index (Phi) is 4.79. The van der Waals surface area contributed by atoms with Gasteiger partial charge in [0.15, 0.2) is 0 Å². The molecule has 0 heterocycles. The first kappa shape index (κ1) is 16.1. The molecule has 1 atom stereocenters. The second kappa shape index (κ2) is 6.24. The molecular weight excluding hydrogens is 336 g/mol. The van der Waals surface area contributed by atoms with E-state index in [2.05, 4.69) is 15.9 Å². The van der Waals surface area contributed by atoms with Crippen LogP contribution in [0.4, 0.5) is 8.78 Å². The van der Waals surface area contributed by atoms with E-state index in [1.807, 2.05) is 13.8 Å². The zero-order valence-corrected chi connectivity index (χ0v) is 13.6. The summed E-state index contributed by atoms with van der Waals surface area (Å²) in [6.07, 6.45) is 0.530. The first-order valence-electron chi connectivity index (χ1n) is 6.76. The highest BCUT2D eigenvalue weighted by atomic mass is 79.9. The smallest absolute Gasteiger partial charge is 0.123 e. The van der Waals surface area contributed by atoms with Crippen molar-refractivity contribution in [2.45, 2.75) is 31.7 Å².